The molecule has 8 heteroatoms. The number of halogens is 1. The number of urea groups is 1. The van der Waals surface area contributed by atoms with E-state index in [-0.39, 0.29) is 30.1 Å². The maximum absolute atomic E-state index is 12.7. The van der Waals surface area contributed by atoms with E-state index in [1.165, 1.54) is 11.2 Å². The van der Waals surface area contributed by atoms with Gasteiger partial charge in [-0.3, -0.25) is 0 Å². The van der Waals surface area contributed by atoms with Crippen LogP contribution in [0.5, 0.6) is 0 Å². The molecule has 0 radical (unpaired) electrons. The number of carbonyl (C=O) groups excluding carboxylic acids is 1. The summed E-state index contributed by atoms with van der Waals surface area (Å²) in [5.74, 6) is 0.674. The van der Waals surface area contributed by atoms with Gasteiger partial charge in [0.2, 0.25) is 0 Å². The van der Waals surface area contributed by atoms with Crippen LogP contribution in [-0.4, -0.2) is 36.9 Å². The first kappa shape index (κ1) is 16.9. The highest BCUT2D eigenvalue weighted by molar-refractivity contribution is 7.91. The Kier molecular flexibility index (Phi) is 4.82. The van der Waals surface area contributed by atoms with Gasteiger partial charge in [-0.2, -0.15) is 0 Å². The Morgan fingerprint density at radius 1 is 1.29 bits per heavy atom. The summed E-state index contributed by atoms with van der Waals surface area (Å²) in [7, 11) is -3.10. The molecule has 0 bridgehead atoms. The molecule has 24 heavy (non-hydrogen) atoms. The normalized spacial score (nSPS) is 19.1. The van der Waals surface area contributed by atoms with E-state index < -0.39 is 9.84 Å². The van der Waals surface area contributed by atoms with Crippen molar-refractivity contribution in [1.29, 1.82) is 0 Å². The van der Waals surface area contributed by atoms with Gasteiger partial charge in [0.05, 0.1) is 24.3 Å². The zero-order valence-corrected chi connectivity index (χ0v) is 14.4. The summed E-state index contributed by atoms with van der Waals surface area (Å²) in [6.07, 6.45) is 1.95. The molecule has 0 unspecified atom stereocenters. The van der Waals surface area contributed by atoms with Gasteiger partial charge >= 0.3 is 6.03 Å². The zero-order valence-electron chi connectivity index (χ0n) is 12.8. The zero-order chi connectivity index (χ0) is 17.2. The Bertz CT molecular complexity index is 803. The van der Waals surface area contributed by atoms with Gasteiger partial charge in [0.15, 0.2) is 9.84 Å². The number of rotatable bonds is 4. The van der Waals surface area contributed by atoms with Gasteiger partial charge in [0.1, 0.15) is 5.76 Å². The number of carbonyl (C=O) groups is 1. The number of amides is 2. The first-order valence-electron chi connectivity index (χ1n) is 7.49. The molecule has 1 atom stereocenters. The fourth-order valence-corrected chi connectivity index (χ4v) is 4.54. The summed E-state index contributed by atoms with van der Waals surface area (Å²) in [5, 5.41) is 3.35. The van der Waals surface area contributed by atoms with Crippen LogP contribution in [0.15, 0.2) is 47.1 Å². The first-order chi connectivity index (χ1) is 11.4. The Morgan fingerprint density at radius 3 is 2.62 bits per heavy atom. The van der Waals surface area contributed by atoms with Crippen LogP contribution in [0.2, 0.25) is 5.02 Å². The molecule has 1 aliphatic heterocycles. The van der Waals surface area contributed by atoms with Crippen molar-refractivity contribution >= 4 is 33.2 Å². The minimum Gasteiger partial charge on any atom is -0.467 e. The molecule has 2 aromatic rings. The second kappa shape index (κ2) is 6.86. The highest BCUT2D eigenvalue weighted by Crippen LogP contribution is 2.22. The number of hydrogen-bond acceptors (Lipinski definition) is 4. The second-order valence-corrected chi connectivity index (χ2v) is 8.37. The van der Waals surface area contributed by atoms with Gasteiger partial charge in [-0.05, 0) is 42.8 Å². The van der Waals surface area contributed by atoms with E-state index in [2.05, 4.69) is 5.32 Å². The Hall–Kier alpha value is -1.99. The fraction of sp³-hybridized carbons (Fsp3) is 0.312. The smallest absolute Gasteiger partial charge is 0.322 e. The van der Waals surface area contributed by atoms with E-state index >= 15 is 0 Å². The molecular formula is C16H17ClN2O4S. The summed E-state index contributed by atoms with van der Waals surface area (Å²) >= 11 is 5.84. The van der Waals surface area contributed by atoms with Crippen molar-refractivity contribution < 1.29 is 17.6 Å². The van der Waals surface area contributed by atoms with Crippen molar-refractivity contribution in [1.82, 2.24) is 4.90 Å². The van der Waals surface area contributed by atoms with E-state index in [9.17, 15) is 13.2 Å². The quantitative estimate of drug-likeness (QED) is 0.898. The lowest BCUT2D eigenvalue weighted by molar-refractivity contribution is 0.184. The van der Waals surface area contributed by atoms with Crippen LogP contribution in [0.3, 0.4) is 0 Å². The van der Waals surface area contributed by atoms with Crippen molar-refractivity contribution in [3.05, 3.63) is 53.4 Å². The largest absolute Gasteiger partial charge is 0.467 e. The maximum Gasteiger partial charge on any atom is 0.322 e. The van der Waals surface area contributed by atoms with Crippen LogP contribution in [0.25, 0.3) is 0 Å². The molecule has 0 aliphatic carbocycles. The van der Waals surface area contributed by atoms with E-state index in [0.717, 1.165) is 0 Å². The standard InChI is InChI=1S/C16H17ClN2O4S/c17-12-3-5-13(6-4-12)18-16(20)19(10-15-2-1-8-23-15)14-7-9-24(21,22)11-14/h1-6,8,14H,7,9-11H2,(H,18,20)/t14-/m1/s1. The van der Waals surface area contributed by atoms with Crippen molar-refractivity contribution in [3.63, 3.8) is 0 Å². The number of hydrogen-bond donors (Lipinski definition) is 1. The number of nitrogens with one attached hydrogen (secondary N) is 1. The summed E-state index contributed by atoms with van der Waals surface area (Å²) in [5.41, 5.74) is 0.592. The molecular weight excluding hydrogens is 352 g/mol. The molecule has 6 nitrogen and oxygen atoms in total. The monoisotopic (exact) mass is 368 g/mol. The summed E-state index contributed by atoms with van der Waals surface area (Å²) < 4.78 is 28.8. The van der Waals surface area contributed by atoms with Gasteiger partial charge in [-0.25, -0.2) is 13.2 Å². The van der Waals surface area contributed by atoms with Gasteiger partial charge < -0.3 is 14.6 Å². The topological polar surface area (TPSA) is 79.6 Å². The Labute approximate surface area is 145 Å². The number of nitrogens with zero attached hydrogens (tertiary/aromatic N) is 1. The summed E-state index contributed by atoms with van der Waals surface area (Å²) in [6.45, 7) is 0.215. The SMILES string of the molecule is O=C(Nc1ccc(Cl)cc1)N(Cc1ccco1)[C@@H]1CCS(=O)(=O)C1. The molecule has 0 saturated carbocycles. The number of furan rings is 1. The molecule has 1 fully saturated rings. The van der Waals surface area contributed by atoms with Crippen molar-refractivity contribution in [3.8, 4) is 0 Å². The lowest BCUT2D eigenvalue weighted by Crippen LogP contribution is -2.43. The van der Waals surface area contributed by atoms with Crippen LogP contribution < -0.4 is 5.32 Å². The van der Waals surface area contributed by atoms with Crippen LogP contribution in [0.1, 0.15) is 12.2 Å². The van der Waals surface area contributed by atoms with Crippen LogP contribution >= 0.6 is 11.6 Å². The van der Waals surface area contributed by atoms with Crippen LogP contribution in [0, 0.1) is 0 Å². The number of benzene rings is 1. The lowest BCUT2D eigenvalue weighted by Gasteiger charge is -2.27. The van der Waals surface area contributed by atoms with E-state index in [4.69, 9.17) is 16.0 Å². The molecule has 1 aliphatic rings. The predicted molar refractivity (Wildman–Crippen MR) is 91.8 cm³/mol. The van der Waals surface area contributed by atoms with Gasteiger partial charge in [0.25, 0.3) is 0 Å². The molecule has 0 spiro atoms. The van der Waals surface area contributed by atoms with E-state index in [1.807, 2.05) is 0 Å². The van der Waals surface area contributed by atoms with Gasteiger partial charge in [-0.15, -0.1) is 0 Å². The van der Waals surface area contributed by atoms with Gasteiger partial charge in [-0.1, -0.05) is 11.6 Å². The average molecular weight is 369 g/mol. The Morgan fingerprint density at radius 2 is 2.04 bits per heavy atom. The molecule has 3 rings (SSSR count). The molecule has 2 heterocycles. The van der Waals surface area contributed by atoms with Crippen molar-refractivity contribution in [2.24, 2.45) is 0 Å². The summed E-state index contributed by atoms with van der Waals surface area (Å²) in [4.78, 5) is 14.2. The van der Waals surface area contributed by atoms with Crippen molar-refractivity contribution in [2.75, 3.05) is 16.8 Å². The molecule has 1 N–H and O–H groups in total. The first-order valence-corrected chi connectivity index (χ1v) is 9.69. The van der Waals surface area contributed by atoms with E-state index in [0.29, 0.717) is 22.9 Å². The third kappa shape index (κ3) is 4.10. The average Bonchev–Trinajstić information content (AvgIpc) is 3.16. The molecule has 1 saturated heterocycles. The third-order valence-electron chi connectivity index (χ3n) is 3.91. The second-order valence-electron chi connectivity index (χ2n) is 5.70. The molecule has 1 aromatic carbocycles. The van der Waals surface area contributed by atoms with E-state index in [1.54, 1.807) is 36.4 Å². The van der Waals surface area contributed by atoms with Crippen LogP contribution in [-0.2, 0) is 16.4 Å². The van der Waals surface area contributed by atoms with Crippen molar-refractivity contribution in [2.45, 2.75) is 19.0 Å². The number of anilines is 1. The minimum absolute atomic E-state index is 0.0260. The maximum atomic E-state index is 12.7. The van der Waals surface area contributed by atoms with Crippen LogP contribution in [0.4, 0.5) is 10.5 Å². The predicted octanol–water partition coefficient (Wildman–Crippen LogP) is 3.15. The fourth-order valence-electron chi connectivity index (χ4n) is 2.69. The highest BCUT2D eigenvalue weighted by atomic mass is 35.5. The molecule has 2 amide bonds. The number of sulfone groups is 1. The summed E-state index contributed by atoms with van der Waals surface area (Å²) in [6, 6.07) is 9.49. The van der Waals surface area contributed by atoms with Gasteiger partial charge in [0, 0.05) is 16.8 Å². The Balaban J connectivity index is 1.78. The minimum atomic E-state index is -3.10. The lowest BCUT2D eigenvalue weighted by atomic mass is 10.2. The molecule has 1 aromatic heterocycles. The highest BCUT2D eigenvalue weighted by Gasteiger charge is 2.35. The molecule has 128 valence electrons. The third-order valence-corrected chi connectivity index (χ3v) is 5.91.